The number of unbranched alkanes of at least 4 members (excludes halogenated alkanes) is 16. The third kappa shape index (κ3) is 27.8. The van der Waals surface area contributed by atoms with Gasteiger partial charge < -0.3 is 9.64 Å². The topological polar surface area (TPSA) is 29.5 Å². The minimum absolute atomic E-state index is 0.0384. The number of nitrogens with zero attached hydrogens (tertiary/aromatic N) is 1. The van der Waals surface area contributed by atoms with Gasteiger partial charge in [-0.15, -0.1) is 0 Å². The first kappa shape index (κ1) is 35.2. The summed E-state index contributed by atoms with van der Waals surface area (Å²) in [6.07, 6.45) is 35.1. The van der Waals surface area contributed by atoms with E-state index in [0.717, 1.165) is 18.8 Å². The van der Waals surface area contributed by atoms with Gasteiger partial charge in [-0.05, 0) is 72.0 Å². The van der Waals surface area contributed by atoms with Crippen molar-refractivity contribution < 1.29 is 9.53 Å². The van der Waals surface area contributed by atoms with Gasteiger partial charge in [-0.25, -0.2) is 0 Å². The molecule has 0 saturated carbocycles. The summed E-state index contributed by atoms with van der Waals surface area (Å²) >= 11 is 0. The van der Waals surface area contributed by atoms with E-state index < -0.39 is 0 Å². The van der Waals surface area contributed by atoms with Crippen LogP contribution in [0, 0.1) is 5.92 Å². The van der Waals surface area contributed by atoms with Crippen LogP contribution in [0.4, 0.5) is 0 Å². The van der Waals surface area contributed by atoms with Crippen LogP contribution in [0.5, 0.6) is 0 Å². The smallest absolute Gasteiger partial charge is 0.305 e. The normalized spacial score (nSPS) is 12.6. The van der Waals surface area contributed by atoms with Crippen LogP contribution in [0.15, 0.2) is 12.2 Å². The van der Waals surface area contributed by atoms with Crippen LogP contribution in [-0.2, 0) is 9.53 Å². The highest BCUT2D eigenvalue weighted by molar-refractivity contribution is 5.69. The van der Waals surface area contributed by atoms with Gasteiger partial charge in [0, 0.05) is 6.42 Å². The van der Waals surface area contributed by atoms with Crippen molar-refractivity contribution in [3.8, 4) is 0 Å². The summed E-state index contributed by atoms with van der Waals surface area (Å²) in [6.45, 7) is 5.94. The molecule has 1 unspecified atom stereocenters. The van der Waals surface area contributed by atoms with Crippen molar-refractivity contribution >= 4 is 5.97 Å². The van der Waals surface area contributed by atoms with E-state index in [9.17, 15) is 4.79 Å². The number of ether oxygens (including phenoxy) is 1. The lowest BCUT2D eigenvalue weighted by molar-refractivity contribution is -0.143. The van der Waals surface area contributed by atoms with Crippen LogP contribution in [-0.4, -0.2) is 38.1 Å². The fourth-order valence-corrected chi connectivity index (χ4v) is 5.02. The number of carbonyl (C=O) groups excluding carboxylic acids is 1. The highest BCUT2D eigenvalue weighted by Gasteiger charge is 2.09. The Morgan fingerprint density at radius 3 is 1.61 bits per heavy atom. The molecule has 0 aromatic carbocycles. The first-order chi connectivity index (χ1) is 17.6. The second-order valence-corrected chi connectivity index (χ2v) is 11.3. The standard InChI is InChI=1S/C33H65NO2/c1-5-7-8-24-27-32(30-31-34(3)4)28-25-22-20-18-16-14-12-10-9-11-13-15-17-19-21-23-26-29-33(35)36-6-2/h11,13,32H,5-10,12,14-31H2,1-4H3/b13-11-. The van der Waals surface area contributed by atoms with Gasteiger partial charge in [0.05, 0.1) is 6.61 Å². The maximum atomic E-state index is 11.3. The quantitative estimate of drug-likeness (QED) is 0.0599. The van der Waals surface area contributed by atoms with Crippen LogP contribution in [0.25, 0.3) is 0 Å². The summed E-state index contributed by atoms with van der Waals surface area (Å²) in [6, 6.07) is 0. The van der Waals surface area contributed by atoms with Crippen LogP contribution in [0.3, 0.4) is 0 Å². The van der Waals surface area contributed by atoms with Gasteiger partial charge in [-0.1, -0.05) is 122 Å². The molecule has 36 heavy (non-hydrogen) atoms. The fraction of sp³-hybridized carbons (Fsp3) is 0.909. The van der Waals surface area contributed by atoms with Gasteiger partial charge in [0.1, 0.15) is 0 Å². The molecule has 0 saturated heterocycles. The summed E-state index contributed by atoms with van der Waals surface area (Å²) in [4.78, 5) is 13.6. The lowest BCUT2D eigenvalue weighted by Crippen LogP contribution is -2.17. The Morgan fingerprint density at radius 1 is 0.639 bits per heavy atom. The molecule has 0 aliphatic heterocycles. The lowest BCUT2D eigenvalue weighted by atomic mass is 9.91. The Morgan fingerprint density at radius 2 is 1.11 bits per heavy atom. The molecule has 0 amide bonds. The number of hydrogen-bond acceptors (Lipinski definition) is 3. The summed E-state index contributed by atoms with van der Waals surface area (Å²) < 4.78 is 4.96. The van der Waals surface area contributed by atoms with E-state index in [-0.39, 0.29) is 5.97 Å². The Kier molecular flexibility index (Phi) is 28.1. The number of rotatable bonds is 28. The number of hydrogen-bond donors (Lipinski definition) is 0. The third-order valence-corrected chi connectivity index (χ3v) is 7.41. The molecule has 0 rings (SSSR count). The highest BCUT2D eigenvalue weighted by atomic mass is 16.5. The van der Waals surface area contributed by atoms with Gasteiger partial charge in [0.2, 0.25) is 0 Å². The molecule has 0 N–H and O–H groups in total. The first-order valence-electron chi connectivity index (χ1n) is 16.0. The second kappa shape index (κ2) is 28.7. The minimum Gasteiger partial charge on any atom is -0.466 e. The van der Waals surface area contributed by atoms with E-state index >= 15 is 0 Å². The zero-order valence-electron chi connectivity index (χ0n) is 25.2. The molecular formula is C33H65NO2. The number of esters is 1. The Bertz CT molecular complexity index is 474. The molecule has 0 fully saturated rings. The molecule has 214 valence electrons. The predicted octanol–water partition coefficient (Wildman–Crippen LogP) is 10.3. The van der Waals surface area contributed by atoms with Crippen LogP contribution in [0.1, 0.15) is 162 Å². The Hall–Kier alpha value is -0.830. The van der Waals surface area contributed by atoms with Crippen LogP contribution in [0.2, 0.25) is 0 Å². The highest BCUT2D eigenvalue weighted by Crippen LogP contribution is 2.22. The number of allylic oxidation sites excluding steroid dienone is 2. The molecule has 0 spiro atoms. The van der Waals surface area contributed by atoms with Crippen molar-refractivity contribution in [1.29, 1.82) is 0 Å². The maximum absolute atomic E-state index is 11.3. The van der Waals surface area contributed by atoms with E-state index in [1.807, 2.05) is 6.92 Å². The Balaban J connectivity index is 3.45. The van der Waals surface area contributed by atoms with Crippen molar-refractivity contribution in [2.24, 2.45) is 5.92 Å². The van der Waals surface area contributed by atoms with E-state index in [1.54, 1.807) is 0 Å². The summed E-state index contributed by atoms with van der Waals surface area (Å²) in [5.74, 6) is 0.920. The SMILES string of the molecule is CCCCCCC(CCCCCCCCCC/C=C\CCCCCCCC(=O)OCC)CCN(C)C. The van der Waals surface area contributed by atoms with Crippen molar-refractivity contribution in [3.05, 3.63) is 12.2 Å². The maximum Gasteiger partial charge on any atom is 0.305 e. The molecule has 3 heteroatoms. The number of carbonyl (C=O) groups is 1. The molecule has 1 atom stereocenters. The van der Waals surface area contributed by atoms with E-state index in [0.29, 0.717) is 13.0 Å². The summed E-state index contributed by atoms with van der Waals surface area (Å²) in [5.41, 5.74) is 0. The van der Waals surface area contributed by atoms with E-state index in [4.69, 9.17) is 4.74 Å². The molecule has 0 aliphatic carbocycles. The van der Waals surface area contributed by atoms with Gasteiger partial charge in [0.25, 0.3) is 0 Å². The summed E-state index contributed by atoms with van der Waals surface area (Å²) in [7, 11) is 4.43. The van der Waals surface area contributed by atoms with Crippen molar-refractivity contribution in [2.75, 3.05) is 27.2 Å². The van der Waals surface area contributed by atoms with Crippen LogP contribution < -0.4 is 0 Å². The lowest BCUT2D eigenvalue weighted by Gasteiger charge is -2.19. The van der Waals surface area contributed by atoms with Crippen LogP contribution >= 0.6 is 0 Å². The largest absolute Gasteiger partial charge is 0.466 e. The molecule has 3 nitrogen and oxygen atoms in total. The van der Waals surface area contributed by atoms with E-state index in [1.165, 1.54) is 135 Å². The zero-order chi connectivity index (χ0) is 26.5. The summed E-state index contributed by atoms with van der Waals surface area (Å²) in [5, 5.41) is 0. The average Bonchev–Trinajstić information content (AvgIpc) is 2.86. The molecule has 0 bridgehead atoms. The third-order valence-electron chi connectivity index (χ3n) is 7.41. The van der Waals surface area contributed by atoms with Crippen molar-refractivity contribution in [2.45, 2.75) is 162 Å². The fourth-order valence-electron chi connectivity index (χ4n) is 5.02. The Labute approximate surface area is 227 Å². The first-order valence-corrected chi connectivity index (χ1v) is 16.0. The molecule has 0 heterocycles. The van der Waals surface area contributed by atoms with Gasteiger partial charge in [-0.2, -0.15) is 0 Å². The van der Waals surface area contributed by atoms with Gasteiger partial charge >= 0.3 is 5.97 Å². The molecule has 0 aliphatic rings. The molecule has 0 aromatic heterocycles. The molecule has 0 aromatic rings. The van der Waals surface area contributed by atoms with Gasteiger partial charge in [-0.3, -0.25) is 4.79 Å². The predicted molar refractivity (Wildman–Crippen MR) is 160 cm³/mol. The van der Waals surface area contributed by atoms with Crippen molar-refractivity contribution in [1.82, 2.24) is 4.90 Å². The van der Waals surface area contributed by atoms with Gasteiger partial charge in [0.15, 0.2) is 0 Å². The molecular weight excluding hydrogens is 442 g/mol. The monoisotopic (exact) mass is 508 g/mol. The van der Waals surface area contributed by atoms with Crippen molar-refractivity contribution in [3.63, 3.8) is 0 Å². The zero-order valence-corrected chi connectivity index (χ0v) is 25.2. The van der Waals surface area contributed by atoms with E-state index in [2.05, 4.69) is 38.1 Å². The second-order valence-electron chi connectivity index (χ2n) is 11.3. The molecule has 0 radical (unpaired) electrons. The minimum atomic E-state index is -0.0384. The average molecular weight is 508 g/mol.